The summed E-state index contributed by atoms with van der Waals surface area (Å²) in [5.74, 6) is 2.00. The highest BCUT2D eigenvalue weighted by atomic mass is 16.2. The van der Waals surface area contributed by atoms with Crippen LogP contribution in [0.2, 0.25) is 0 Å². The Balaban J connectivity index is 1.50. The first-order chi connectivity index (χ1) is 12.1. The maximum atomic E-state index is 12.5. The summed E-state index contributed by atoms with van der Waals surface area (Å²) in [4.78, 5) is 30.0. The molecule has 0 saturated carbocycles. The number of hydrogen-bond donors (Lipinski definition) is 0. The number of carbonyl (C=O) groups excluding carboxylic acids is 1. The smallest absolute Gasteiger partial charge is 0.236 e. The summed E-state index contributed by atoms with van der Waals surface area (Å²) in [7, 11) is 3.90. The Kier molecular flexibility index (Phi) is 6.07. The highest BCUT2D eigenvalue weighted by Gasteiger charge is 2.23. The van der Waals surface area contributed by atoms with Crippen LogP contribution in [0.15, 0.2) is 12.3 Å². The summed E-state index contributed by atoms with van der Waals surface area (Å²) in [6.45, 7) is 6.04. The second kappa shape index (κ2) is 8.47. The molecule has 2 aliphatic heterocycles. The zero-order chi connectivity index (χ0) is 17.6. The number of rotatable bonds is 4. The maximum Gasteiger partial charge on any atom is 0.236 e. The molecule has 0 atom stereocenters. The number of nitrogens with zero attached hydrogens (tertiary/aromatic N) is 6. The van der Waals surface area contributed by atoms with E-state index in [1.807, 2.05) is 31.3 Å². The third-order valence-electron chi connectivity index (χ3n) is 5.04. The molecule has 3 rings (SSSR count). The molecule has 138 valence electrons. The molecule has 0 aliphatic carbocycles. The summed E-state index contributed by atoms with van der Waals surface area (Å²) >= 11 is 0. The van der Waals surface area contributed by atoms with Gasteiger partial charge in [-0.15, -0.1) is 0 Å². The van der Waals surface area contributed by atoms with Gasteiger partial charge in [0, 0.05) is 59.6 Å². The van der Waals surface area contributed by atoms with Gasteiger partial charge in [-0.3, -0.25) is 9.69 Å². The summed E-state index contributed by atoms with van der Waals surface area (Å²) < 4.78 is 0. The Morgan fingerprint density at radius 1 is 1.04 bits per heavy atom. The molecule has 0 radical (unpaired) electrons. The number of carbonyl (C=O) groups is 1. The number of amides is 1. The van der Waals surface area contributed by atoms with Crippen molar-refractivity contribution in [2.75, 3.05) is 69.7 Å². The number of aromatic nitrogens is 2. The fourth-order valence-corrected chi connectivity index (χ4v) is 3.48. The monoisotopic (exact) mass is 346 g/mol. The number of likely N-dealkylation sites (tertiary alicyclic amines) is 1. The van der Waals surface area contributed by atoms with E-state index < -0.39 is 0 Å². The number of hydrogen-bond acceptors (Lipinski definition) is 6. The predicted molar refractivity (Wildman–Crippen MR) is 100 cm³/mol. The van der Waals surface area contributed by atoms with Gasteiger partial charge in [-0.25, -0.2) is 4.98 Å². The van der Waals surface area contributed by atoms with E-state index in [1.165, 1.54) is 12.8 Å². The van der Waals surface area contributed by atoms with Crippen LogP contribution in [-0.4, -0.2) is 85.6 Å². The lowest BCUT2D eigenvalue weighted by Gasteiger charge is -2.36. The zero-order valence-corrected chi connectivity index (χ0v) is 15.5. The molecule has 0 N–H and O–H groups in total. The fraction of sp³-hybridized carbons (Fsp3) is 0.722. The summed E-state index contributed by atoms with van der Waals surface area (Å²) in [5, 5.41) is 0. The van der Waals surface area contributed by atoms with Gasteiger partial charge in [0.15, 0.2) is 0 Å². The summed E-state index contributed by atoms with van der Waals surface area (Å²) in [5.41, 5.74) is 0. The van der Waals surface area contributed by atoms with Crippen molar-refractivity contribution < 1.29 is 4.79 Å². The van der Waals surface area contributed by atoms with Crippen LogP contribution in [0, 0.1) is 0 Å². The van der Waals surface area contributed by atoms with Gasteiger partial charge in [0.25, 0.3) is 0 Å². The molecule has 3 heterocycles. The molecule has 7 nitrogen and oxygen atoms in total. The van der Waals surface area contributed by atoms with Gasteiger partial charge < -0.3 is 14.7 Å². The van der Waals surface area contributed by atoms with Gasteiger partial charge >= 0.3 is 0 Å². The van der Waals surface area contributed by atoms with Gasteiger partial charge in [0.2, 0.25) is 11.9 Å². The van der Waals surface area contributed by atoms with E-state index in [4.69, 9.17) is 0 Å². The highest BCUT2D eigenvalue weighted by Crippen LogP contribution is 2.16. The molecule has 2 fully saturated rings. The van der Waals surface area contributed by atoms with Crippen molar-refractivity contribution in [2.24, 2.45) is 0 Å². The minimum Gasteiger partial charge on any atom is -0.354 e. The van der Waals surface area contributed by atoms with Crippen LogP contribution >= 0.6 is 0 Å². The van der Waals surface area contributed by atoms with E-state index in [0.29, 0.717) is 12.5 Å². The molecule has 0 bridgehead atoms. The van der Waals surface area contributed by atoms with Crippen molar-refractivity contribution >= 4 is 17.7 Å². The van der Waals surface area contributed by atoms with Crippen molar-refractivity contribution in [1.82, 2.24) is 19.8 Å². The highest BCUT2D eigenvalue weighted by molar-refractivity contribution is 5.78. The van der Waals surface area contributed by atoms with Crippen molar-refractivity contribution in [3.8, 4) is 0 Å². The molecule has 1 amide bonds. The predicted octanol–water partition coefficient (Wildman–Crippen LogP) is 1.07. The SMILES string of the molecule is CN(C)c1nccc(N2CCN(CC(=O)N3CCCCCC3)CC2)n1. The van der Waals surface area contributed by atoms with E-state index in [1.54, 1.807) is 0 Å². The molecular weight excluding hydrogens is 316 g/mol. The molecule has 1 aromatic rings. The molecule has 2 aliphatic rings. The fourth-order valence-electron chi connectivity index (χ4n) is 3.48. The Morgan fingerprint density at radius 2 is 1.72 bits per heavy atom. The van der Waals surface area contributed by atoms with Gasteiger partial charge in [-0.2, -0.15) is 4.98 Å². The van der Waals surface area contributed by atoms with E-state index in [2.05, 4.69) is 24.7 Å². The molecule has 0 spiro atoms. The first-order valence-electron chi connectivity index (χ1n) is 9.39. The molecule has 2 saturated heterocycles. The first-order valence-corrected chi connectivity index (χ1v) is 9.39. The second-order valence-corrected chi connectivity index (χ2v) is 7.17. The van der Waals surface area contributed by atoms with Crippen molar-refractivity contribution in [2.45, 2.75) is 25.7 Å². The number of piperazine rings is 1. The lowest BCUT2D eigenvalue weighted by Crippen LogP contribution is -2.50. The first kappa shape index (κ1) is 17.9. The summed E-state index contributed by atoms with van der Waals surface area (Å²) in [6.07, 6.45) is 6.64. The van der Waals surface area contributed by atoms with Gasteiger partial charge in [-0.1, -0.05) is 12.8 Å². The van der Waals surface area contributed by atoms with E-state index in [9.17, 15) is 4.79 Å². The Hall–Kier alpha value is -1.89. The molecule has 7 heteroatoms. The van der Waals surface area contributed by atoms with Crippen molar-refractivity contribution in [3.05, 3.63) is 12.3 Å². The Labute approximate surface area is 150 Å². The van der Waals surface area contributed by atoms with Crippen LogP contribution in [-0.2, 0) is 4.79 Å². The van der Waals surface area contributed by atoms with Gasteiger partial charge in [-0.05, 0) is 18.9 Å². The third-order valence-corrected chi connectivity index (χ3v) is 5.04. The summed E-state index contributed by atoms with van der Waals surface area (Å²) in [6, 6.07) is 1.96. The Morgan fingerprint density at radius 3 is 2.36 bits per heavy atom. The second-order valence-electron chi connectivity index (χ2n) is 7.17. The van der Waals surface area contributed by atoms with Gasteiger partial charge in [0.05, 0.1) is 6.54 Å². The van der Waals surface area contributed by atoms with E-state index >= 15 is 0 Å². The lowest BCUT2D eigenvalue weighted by molar-refractivity contribution is -0.132. The van der Waals surface area contributed by atoms with E-state index in [0.717, 1.165) is 63.9 Å². The normalized spacial score (nSPS) is 19.6. The molecule has 0 unspecified atom stereocenters. The van der Waals surface area contributed by atoms with Crippen molar-refractivity contribution in [1.29, 1.82) is 0 Å². The van der Waals surface area contributed by atoms with Crippen LogP contribution in [0.3, 0.4) is 0 Å². The van der Waals surface area contributed by atoms with Crippen molar-refractivity contribution in [3.63, 3.8) is 0 Å². The molecule has 25 heavy (non-hydrogen) atoms. The van der Waals surface area contributed by atoms with E-state index in [-0.39, 0.29) is 0 Å². The Bertz CT molecular complexity index is 562. The average Bonchev–Trinajstić information content (AvgIpc) is 2.92. The standard InChI is InChI=1S/C18H30N6O/c1-21(2)18-19-8-7-16(20-18)23-13-11-22(12-14-23)15-17(25)24-9-5-3-4-6-10-24/h7-8H,3-6,9-15H2,1-2H3. The van der Waals surface area contributed by atoms with Crippen LogP contribution in [0.4, 0.5) is 11.8 Å². The van der Waals surface area contributed by atoms with Crippen LogP contribution in [0.25, 0.3) is 0 Å². The molecular formula is C18H30N6O. The van der Waals surface area contributed by atoms with Crippen LogP contribution in [0.5, 0.6) is 0 Å². The van der Waals surface area contributed by atoms with Gasteiger partial charge in [0.1, 0.15) is 5.82 Å². The average molecular weight is 346 g/mol. The van der Waals surface area contributed by atoms with Crippen LogP contribution < -0.4 is 9.80 Å². The van der Waals surface area contributed by atoms with Crippen LogP contribution in [0.1, 0.15) is 25.7 Å². The molecule has 1 aromatic heterocycles. The third kappa shape index (κ3) is 4.81. The molecule has 0 aromatic carbocycles. The minimum absolute atomic E-state index is 0.298. The topological polar surface area (TPSA) is 55.8 Å². The number of anilines is 2. The largest absolute Gasteiger partial charge is 0.354 e. The quantitative estimate of drug-likeness (QED) is 0.813. The zero-order valence-electron chi connectivity index (χ0n) is 15.5. The minimum atomic E-state index is 0.298. The lowest BCUT2D eigenvalue weighted by atomic mass is 10.2. The maximum absolute atomic E-state index is 12.5.